The number of nitrogen functional groups attached to an aromatic ring is 2. The Bertz CT molecular complexity index is 1220. The number of anilines is 2. The SMILES string of the molecule is Cc1cc(N)cc(C)c1Cn1ncc2c(-c3cccc(C#N)c3)nc(N)nc21. The Kier molecular flexibility index (Phi) is 4.17. The van der Waals surface area contributed by atoms with Crippen molar-refractivity contribution in [2.75, 3.05) is 11.5 Å². The Hall–Kier alpha value is -3.92. The Morgan fingerprint density at radius 2 is 1.82 bits per heavy atom. The largest absolute Gasteiger partial charge is 0.399 e. The quantitative estimate of drug-likeness (QED) is 0.535. The molecule has 7 heteroatoms. The van der Waals surface area contributed by atoms with Crippen LogP contribution in [0.1, 0.15) is 22.3 Å². The molecular formula is C21H19N7. The molecule has 2 heterocycles. The average molecular weight is 369 g/mol. The Balaban J connectivity index is 1.85. The highest BCUT2D eigenvalue weighted by molar-refractivity contribution is 5.91. The third kappa shape index (κ3) is 3.01. The van der Waals surface area contributed by atoms with Gasteiger partial charge in [-0.25, -0.2) is 9.67 Å². The van der Waals surface area contributed by atoms with E-state index in [1.54, 1.807) is 18.3 Å². The van der Waals surface area contributed by atoms with E-state index in [-0.39, 0.29) is 5.95 Å². The molecule has 28 heavy (non-hydrogen) atoms. The van der Waals surface area contributed by atoms with Gasteiger partial charge in [0.25, 0.3) is 0 Å². The van der Waals surface area contributed by atoms with Crippen LogP contribution >= 0.6 is 0 Å². The van der Waals surface area contributed by atoms with Crippen LogP contribution in [0, 0.1) is 25.2 Å². The summed E-state index contributed by atoms with van der Waals surface area (Å²) < 4.78 is 1.82. The minimum absolute atomic E-state index is 0.164. The third-order valence-electron chi connectivity index (χ3n) is 4.80. The van der Waals surface area contributed by atoms with Gasteiger partial charge in [0.2, 0.25) is 5.95 Å². The molecule has 0 bridgehead atoms. The molecule has 138 valence electrons. The van der Waals surface area contributed by atoms with Crippen molar-refractivity contribution in [1.29, 1.82) is 5.26 Å². The van der Waals surface area contributed by atoms with Crippen LogP contribution in [0.2, 0.25) is 0 Å². The molecule has 0 unspecified atom stereocenters. The van der Waals surface area contributed by atoms with Crippen LogP contribution in [0.15, 0.2) is 42.6 Å². The Morgan fingerprint density at radius 1 is 1.07 bits per heavy atom. The van der Waals surface area contributed by atoms with Crippen molar-refractivity contribution >= 4 is 22.7 Å². The molecule has 0 aliphatic rings. The van der Waals surface area contributed by atoms with Crippen molar-refractivity contribution in [1.82, 2.24) is 19.7 Å². The lowest BCUT2D eigenvalue weighted by Gasteiger charge is -2.12. The molecular weight excluding hydrogens is 350 g/mol. The van der Waals surface area contributed by atoms with Gasteiger partial charge in [-0.15, -0.1) is 0 Å². The fourth-order valence-corrected chi connectivity index (χ4v) is 3.47. The van der Waals surface area contributed by atoms with E-state index in [2.05, 4.69) is 21.1 Å². The maximum atomic E-state index is 9.18. The molecule has 0 atom stereocenters. The molecule has 0 saturated heterocycles. The summed E-state index contributed by atoms with van der Waals surface area (Å²) in [6.45, 7) is 4.62. The van der Waals surface area contributed by atoms with Gasteiger partial charge in [-0.05, 0) is 54.8 Å². The van der Waals surface area contributed by atoms with Gasteiger partial charge in [0.15, 0.2) is 5.65 Å². The van der Waals surface area contributed by atoms with Crippen LogP contribution in [-0.4, -0.2) is 19.7 Å². The van der Waals surface area contributed by atoms with E-state index in [1.807, 2.05) is 42.8 Å². The molecule has 0 aliphatic carbocycles. The molecule has 4 N–H and O–H groups in total. The molecule has 2 aromatic carbocycles. The van der Waals surface area contributed by atoms with E-state index in [9.17, 15) is 5.26 Å². The van der Waals surface area contributed by atoms with E-state index in [4.69, 9.17) is 11.5 Å². The molecule has 0 fully saturated rings. The number of nitriles is 1. The normalized spacial score (nSPS) is 10.9. The zero-order valence-corrected chi connectivity index (χ0v) is 15.6. The minimum Gasteiger partial charge on any atom is -0.399 e. The first-order valence-corrected chi connectivity index (χ1v) is 8.81. The summed E-state index contributed by atoms with van der Waals surface area (Å²) in [5.41, 5.74) is 18.7. The molecule has 0 aliphatic heterocycles. The maximum absolute atomic E-state index is 9.18. The van der Waals surface area contributed by atoms with Crippen LogP contribution in [0.25, 0.3) is 22.3 Å². The molecule has 0 amide bonds. The zero-order chi connectivity index (χ0) is 19.8. The lowest BCUT2D eigenvalue weighted by molar-refractivity contribution is 0.698. The molecule has 0 radical (unpaired) electrons. The summed E-state index contributed by atoms with van der Waals surface area (Å²) in [4.78, 5) is 8.82. The predicted molar refractivity (Wildman–Crippen MR) is 109 cm³/mol. The average Bonchev–Trinajstić information content (AvgIpc) is 3.06. The van der Waals surface area contributed by atoms with Crippen LogP contribution in [-0.2, 0) is 6.54 Å². The number of nitrogens with zero attached hydrogens (tertiary/aromatic N) is 5. The standard InChI is InChI=1S/C21H19N7/c1-12-6-16(23)7-13(2)18(12)11-28-20-17(10-25-28)19(26-21(24)27-20)15-5-3-4-14(8-15)9-22/h3-8,10H,11,23H2,1-2H3,(H2,24,26,27). The zero-order valence-electron chi connectivity index (χ0n) is 15.6. The first-order chi connectivity index (χ1) is 13.5. The van der Waals surface area contributed by atoms with E-state index in [1.165, 1.54) is 0 Å². The topological polar surface area (TPSA) is 119 Å². The van der Waals surface area contributed by atoms with Crippen molar-refractivity contribution in [3.63, 3.8) is 0 Å². The van der Waals surface area contributed by atoms with Crippen LogP contribution in [0.3, 0.4) is 0 Å². The highest BCUT2D eigenvalue weighted by atomic mass is 15.3. The maximum Gasteiger partial charge on any atom is 0.222 e. The van der Waals surface area contributed by atoms with Crippen molar-refractivity contribution < 1.29 is 0 Å². The van der Waals surface area contributed by atoms with Gasteiger partial charge in [-0.1, -0.05) is 12.1 Å². The lowest BCUT2D eigenvalue weighted by atomic mass is 10.0. The monoisotopic (exact) mass is 369 g/mol. The number of nitrogens with two attached hydrogens (primary N) is 2. The fourth-order valence-electron chi connectivity index (χ4n) is 3.47. The summed E-state index contributed by atoms with van der Waals surface area (Å²) in [5, 5.41) is 14.5. The second-order valence-corrected chi connectivity index (χ2v) is 6.80. The van der Waals surface area contributed by atoms with Gasteiger partial charge in [0.1, 0.15) is 0 Å². The number of benzene rings is 2. The number of fused-ring (bicyclic) bond motifs is 1. The van der Waals surface area contributed by atoms with Crippen LogP contribution in [0.5, 0.6) is 0 Å². The summed E-state index contributed by atoms with van der Waals surface area (Å²) >= 11 is 0. The molecule has 4 aromatic rings. The van der Waals surface area contributed by atoms with Gasteiger partial charge < -0.3 is 11.5 Å². The first-order valence-electron chi connectivity index (χ1n) is 8.81. The fraction of sp³-hybridized carbons (Fsp3) is 0.143. The first kappa shape index (κ1) is 17.5. The number of rotatable bonds is 3. The number of aromatic nitrogens is 4. The molecule has 4 rings (SSSR count). The Labute approximate surface area is 162 Å². The van der Waals surface area contributed by atoms with Crippen molar-refractivity contribution in [2.45, 2.75) is 20.4 Å². The van der Waals surface area contributed by atoms with Crippen molar-refractivity contribution in [2.24, 2.45) is 0 Å². The molecule has 2 aromatic heterocycles. The number of hydrogen-bond donors (Lipinski definition) is 2. The highest BCUT2D eigenvalue weighted by Crippen LogP contribution is 2.28. The predicted octanol–water partition coefficient (Wildman–Crippen LogP) is 3.19. The smallest absolute Gasteiger partial charge is 0.222 e. The van der Waals surface area contributed by atoms with Gasteiger partial charge in [0, 0.05) is 11.3 Å². The third-order valence-corrected chi connectivity index (χ3v) is 4.80. The molecule has 0 saturated carbocycles. The summed E-state index contributed by atoms with van der Waals surface area (Å²) in [5.74, 6) is 0.164. The minimum atomic E-state index is 0.164. The second-order valence-electron chi connectivity index (χ2n) is 6.80. The number of hydrogen-bond acceptors (Lipinski definition) is 6. The van der Waals surface area contributed by atoms with E-state index < -0.39 is 0 Å². The lowest BCUT2D eigenvalue weighted by Crippen LogP contribution is -2.08. The van der Waals surface area contributed by atoms with Crippen molar-refractivity contribution in [3.8, 4) is 17.3 Å². The molecule has 7 nitrogen and oxygen atoms in total. The summed E-state index contributed by atoms with van der Waals surface area (Å²) in [7, 11) is 0. The van der Waals surface area contributed by atoms with Gasteiger partial charge in [-0.2, -0.15) is 15.3 Å². The van der Waals surface area contributed by atoms with E-state index in [0.717, 1.165) is 33.3 Å². The number of aryl methyl sites for hydroxylation is 2. The van der Waals surface area contributed by atoms with Crippen LogP contribution < -0.4 is 11.5 Å². The van der Waals surface area contributed by atoms with Gasteiger partial charge in [0.05, 0.1) is 35.5 Å². The highest BCUT2D eigenvalue weighted by Gasteiger charge is 2.15. The van der Waals surface area contributed by atoms with Crippen molar-refractivity contribution in [3.05, 3.63) is 64.8 Å². The van der Waals surface area contributed by atoms with Gasteiger partial charge in [-0.3, -0.25) is 0 Å². The van der Waals surface area contributed by atoms with Gasteiger partial charge >= 0.3 is 0 Å². The summed E-state index contributed by atoms with van der Waals surface area (Å²) in [6, 6.07) is 13.3. The Morgan fingerprint density at radius 3 is 2.54 bits per heavy atom. The van der Waals surface area contributed by atoms with Crippen LogP contribution in [0.4, 0.5) is 11.6 Å². The van der Waals surface area contributed by atoms with E-state index in [0.29, 0.717) is 23.4 Å². The second kappa shape index (κ2) is 6.67. The molecule has 0 spiro atoms. The summed E-state index contributed by atoms with van der Waals surface area (Å²) in [6.07, 6.45) is 1.74. The van der Waals surface area contributed by atoms with E-state index >= 15 is 0 Å².